The average Bonchev–Trinajstić information content (AvgIpc) is 1.61. The third kappa shape index (κ3) is 3.88. The summed E-state index contributed by atoms with van der Waals surface area (Å²) in [6, 6.07) is 0. The maximum Gasteiger partial charge on any atom is 0.0200 e. The van der Waals surface area contributed by atoms with Crippen molar-refractivity contribution >= 4 is 0 Å². The molecule has 0 unspecified atom stereocenters. The number of hydrogen-bond donors (Lipinski definition) is 2. The van der Waals surface area contributed by atoms with Crippen molar-refractivity contribution in [1.82, 2.24) is 11.0 Å². The highest BCUT2D eigenvalue weighted by molar-refractivity contribution is 4.08. The van der Waals surface area contributed by atoms with Crippen LogP contribution in [-0.2, 0) is 4.94 Å². The van der Waals surface area contributed by atoms with Crippen LogP contribution in [0.25, 0.3) is 0 Å². The van der Waals surface area contributed by atoms with Gasteiger partial charge in [-0.1, -0.05) is 6.92 Å². The zero-order chi connectivity index (χ0) is 4.83. The Morgan fingerprint density at radius 1 is 1.67 bits per heavy atom. The molecule has 0 rings (SSSR count). The zero-order valence-corrected chi connectivity index (χ0v) is 4.12. The van der Waals surface area contributed by atoms with Gasteiger partial charge in [0.2, 0.25) is 0 Å². The van der Waals surface area contributed by atoms with E-state index in [0.29, 0.717) is 0 Å². The SMILES string of the molecule is CCNONC. The van der Waals surface area contributed by atoms with Crippen molar-refractivity contribution in [3.8, 4) is 0 Å². The largest absolute Gasteiger partial charge is 0.214 e. The van der Waals surface area contributed by atoms with E-state index in [2.05, 4.69) is 15.9 Å². The molecule has 0 saturated heterocycles. The quantitative estimate of drug-likeness (QED) is 0.367. The summed E-state index contributed by atoms with van der Waals surface area (Å²) < 4.78 is 0. The molecule has 0 amide bonds. The second kappa shape index (κ2) is 4.88. The third-order valence-electron chi connectivity index (χ3n) is 0.319. The lowest BCUT2D eigenvalue weighted by molar-refractivity contribution is -0.0223. The van der Waals surface area contributed by atoms with E-state index in [1.54, 1.807) is 7.05 Å². The van der Waals surface area contributed by atoms with Gasteiger partial charge in [0.25, 0.3) is 0 Å². The summed E-state index contributed by atoms with van der Waals surface area (Å²) in [7, 11) is 1.70. The lowest BCUT2D eigenvalue weighted by atomic mass is 10.8. The molecular weight excluding hydrogens is 80.0 g/mol. The van der Waals surface area contributed by atoms with Gasteiger partial charge in [0.05, 0.1) is 0 Å². The Morgan fingerprint density at radius 3 is 2.50 bits per heavy atom. The van der Waals surface area contributed by atoms with Crippen molar-refractivity contribution in [2.45, 2.75) is 6.92 Å². The van der Waals surface area contributed by atoms with Gasteiger partial charge >= 0.3 is 0 Å². The summed E-state index contributed by atoms with van der Waals surface area (Å²) in [6.07, 6.45) is 0. The number of hydrogen-bond acceptors (Lipinski definition) is 3. The summed E-state index contributed by atoms with van der Waals surface area (Å²) in [5, 5.41) is 0. The van der Waals surface area contributed by atoms with Crippen molar-refractivity contribution < 1.29 is 4.94 Å². The number of hydroxylamine groups is 2. The van der Waals surface area contributed by atoms with Crippen molar-refractivity contribution in [2.24, 2.45) is 0 Å². The fraction of sp³-hybridized carbons (Fsp3) is 1.00. The van der Waals surface area contributed by atoms with E-state index < -0.39 is 0 Å². The molecule has 0 radical (unpaired) electrons. The van der Waals surface area contributed by atoms with Crippen LogP contribution in [0.1, 0.15) is 6.92 Å². The molecule has 38 valence electrons. The first kappa shape index (κ1) is 5.88. The number of rotatable bonds is 3. The number of nitrogens with one attached hydrogen (secondary N) is 2. The van der Waals surface area contributed by atoms with Gasteiger partial charge in [0, 0.05) is 13.6 Å². The Labute approximate surface area is 37.6 Å². The summed E-state index contributed by atoms with van der Waals surface area (Å²) >= 11 is 0. The molecule has 0 aromatic heterocycles. The van der Waals surface area contributed by atoms with Gasteiger partial charge in [0.1, 0.15) is 0 Å². The van der Waals surface area contributed by atoms with Gasteiger partial charge in [-0.15, -0.1) is 0 Å². The molecule has 0 aliphatic rings. The Hall–Kier alpha value is -0.120. The fourth-order valence-electron chi connectivity index (χ4n) is 0.144. The highest BCUT2D eigenvalue weighted by Crippen LogP contribution is 1.48. The Kier molecular flexibility index (Phi) is 4.78. The Morgan fingerprint density at radius 2 is 2.33 bits per heavy atom. The standard InChI is InChI=1S/C3H10N2O/c1-3-5-6-4-2/h4-5H,3H2,1-2H3. The molecule has 3 heteroatoms. The predicted molar refractivity (Wildman–Crippen MR) is 23.8 cm³/mol. The van der Waals surface area contributed by atoms with Crippen molar-refractivity contribution in [3.63, 3.8) is 0 Å². The minimum absolute atomic E-state index is 0.820. The van der Waals surface area contributed by atoms with Crippen LogP contribution in [0.4, 0.5) is 0 Å². The molecular formula is C3H10N2O. The second-order valence-electron chi connectivity index (χ2n) is 0.804. The predicted octanol–water partition coefficient (Wildman–Crippen LogP) is -0.338. The zero-order valence-electron chi connectivity index (χ0n) is 4.12. The van der Waals surface area contributed by atoms with Crippen LogP contribution in [0.5, 0.6) is 0 Å². The highest BCUT2D eigenvalue weighted by atomic mass is 16.8. The molecule has 0 atom stereocenters. The summed E-state index contributed by atoms with van der Waals surface area (Å²) in [5.41, 5.74) is 5.04. The van der Waals surface area contributed by atoms with Gasteiger partial charge in [-0.25, -0.2) is 4.94 Å². The molecule has 0 aromatic carbocycles. The molecule has 0 bridgehead atoms. The van der Waals surface area contributed by atoms with Crippen LogP contribution in [-0.4, -0.2) is 13.6 Å². The first-order valence-electron chi connectivity index (χ1n) is 1.97. The van der Waals surface area contributed by atoms with Gasteiger partial charge in [-0.3, -0.25) is 0 Å². The molecule has 0 aliphatic heterocycles. The summed E-state index contributed by atoms with van der Waals surface area (Å²) in [6.45, 7) is 2.78. The molecule has 2 N–H and O–H groups in total. The van der Waals surface area contributed by atoms with Crippen molar-refractivity contribution in [2.75, 3.05) is 13.6 Å². The molecule has 0 heterocycles. The second-order valence-corrected chi connectivity index (χ2v) is 0.804. The van der Waals surface area contributed by atoms with Crippen molar-refractivity contribution in [1.29, 1.82) is 0 Å². The summed E-state index contributed by atoms with van der Waals surface area (Å²) in [4.78, 5) is 4.48. The van der Waals surface area contributed by atoms with E-state index in [-0.39, 0.29) is 0 Å². The minimum Gasteiger partial charge on any atom is -0.214 e. The van der Waals surface area contributed by atoms with E-state index in [1.165, 1.54) is 0 Å². The average molecular weight is 90.1 g/mol. The van der Waals surface area contributed by atoms with Gasteiger partial charge < -0.3 is 0 Å². The van der Waals surface area contributed by atoms with Crippen LogP contribution >= 0.6 is 0 Å². The van der Waals surface area contributed by atoms with E-state index in [9.17, 15) is 0 Å². The van der Waals surface area contributed by atoms with Crippen LogP contribution in [0.3, 0.4) is 0 Å². The maximum atomic E-state index is 4.48. The maximum absolute atomic E-state index is 4.48. The molecule has 0 fully saturated rings. The van der Waals surface area contributed by atoms with E-state index in [4.69, 9.17) is 0 Å². The molecule has 0 spiro atoms. The van der Waals surface area contributed by atoms with Crippen molar-refractivity contribution in [3.05, 3.63) is 0 Å². The van der Waals surface area contributed by atoms with Crippen LogP contribution in [0.15, 0.2) is 0 Å². The minimum atomic E-state index is 0.820. The Balaban J connectivity index is 2.34. The first-order valence-corrected chi connectivity index (χ1v) is 1.97. The van der Waals surface area contributed by atoms with Crippen LogP contribution < -0.4 is 11.0 Å². The van der Waals surface area contributed by atoms with E-state index >= 15 is 0 Å². The van der Waals surface area contributed by atoms with E-state index in [0.717, 1.165) is 6.54 Å². The van der Waals surface area contributed by atoms with Crippen LogP contribution in [0, 0.1) is 0 Å². The van der Waals surface area contributed by atoms with Gasteiger partial charge in [-0.05, 0) is 0 Å². The Bertz CT molecular complexity index is 20.8. The monoisotopic (exact) mass is 90.1 g/mol. The van der Waals surface area contributed by atoms with Crippen LogP contribution in [0.2, 0.25) is 0 Å². The first-order chi connectivity index (χ1) is 2.91. The molecule has 0 aromatic rings. The normalized spacial score (nSPS) is 9.00. The molecule has 0 saturated carbocycles. The summed E-state index contributed by atoms with van der Waals surface area (Å²) in [5.74, 6) is 0. The fourth-order valence-corrected chi connectivity index (χ4v) is 0.144. The molecule has 6 heavy (non-hydrogen) atoms. The topological polar surface area (TPSA) is 33.3 Å². The molecule has 3 nitrogen and oxygen atoms in total. The van der Waals surface area contributed by atoms with E-state index in [1.807, 2.05) is 6.92 Å². The molecule has 0 aliphatic carbocycles. The lowest BCUT2D eigenvalue weighted by Crippen LogP contribution is -2.21. The van der Waals surface area contributed by atoms with Gasteiger partial charge in [0.15, 0.2) is 0 Å². The lowest BCUT2D eigenvalue weighted by Gasteiger charge is -1.95. The third-order valence-corrected chi connectivity index (χ3v) is 0.319. The smallest absolute Gasteiger partial charge is 0.0200 e. The highest BCUT2D eigenvalue weighted by Gasteiger charge is 1.67. The van der Waals surface area contributed by atoms with Gasteiger partial charge in [-0.2, -0.15) is 11.0 Å².